The van der Waals surface area contributed by atoms with Crippen LogP contribution < -0.4 is 0 Å². The lowest BCUT2D eigenvalue weighted by molar-refractivity contribution is 0.0735. The molecule has 0 aliphatic carbocycles. The number of aromatic nitrogens is 3. The lowest BCUT2D eigenvalue weighted by Crippen LogP contribution is -2.33. The van der Waals surface area contributed by atoms with Crippen molar-refractivity contribution in [3.63, 3.8) is 0 Å². The summed E-state index contributed by atoms with van der Waals surface area (Å²) in [6.07, 6.45) is 3.58. The van der Waals surface area contributed by atoms with Crippen molar-refractivity contribution in [2.75, 3.05) is 26.3 Å². The van der Waals surface area contributed by atoms with Crippen LogP contribution >= 0.6 is 15.9 Å². The Hall–Kier alpha value is -1.47. The number of pyridine rings is 1. The van der Waals surface area contributed by atoms with E-state index in [1.807, 2.05) is 15.6 Å². The second kappa shape index (κ2) is 6.75. The van der Waals surface area contributed by atoms with Crippen LogP contribution in [0.15, 0.2) is 16.9 Å². The van der Waals surface area contributed by atoms with Gasteiger partial charge in [0.1, 0.15) is 10.3 Å². The highest BCUT2D eigenvalue weighted by molar-refractivity contribution is 9.10. The zero-order valence-electron chi connectivity index (χ0n) is 12.6. The number of nitrogens with zero attached hydrogens (tertiary/aromatic N) is 4. The van der Waals surface area contributed by atoms with Crippen LogP contribution in [-0.4, -0.2) is 51.9 Å². The fourth-order valence-corrected chi connectivity index (χ4v) is 3.14. The smallest absolute Gasteiger partial charge is 0.272 e. The molecule has 3 heterocycles. The number of halogens is 1. The molecular formula is C15H19BrN4O2. The number of fused-ring (bicyclic) bond motifs is 1. The summed E-state index contributed by atoms with van der Waals surface area (Å²) < 4.78 is 8.09. The van der Waals surface area contributed by atoms with Crippen molar-refractivity contribution in [3.8, 4) is 0 Å². The first-order chi connectivity index (χ1) is 10.7. The molecule has 3 rings (SSSR count). The molecule has 0 radical (unpaired) electrons. The van der Waals surface area contributed by atoms with Crippen LogP contribution in [0.3, 0.4) is 0 Å². The highest BCUT2D eigenvalue weighted by Crippen LogP contribution is 2.24. The van der Waals surface area contributed by atoms with Gasteiger partial charge in [-0.1, -0.05) is 6.92 Å². The van der Waals surface area contributed by atoms with Crippen molar-refractivity contribution in [3.05, 3.63) is 22.6 Å². The van der Waals surface area contributed by atoms with Crippen LogP contribution in [0.1, 0.15) is 30.3 Å². The molecule has 6 nitrogen and oxygen atoms in total. The fraction of sp³-hybridized carbons (Fsp3) is 0.533. The van der Waals surface area contributed by atoms with E-state index < -0.39 is 0 Å². The first kappa shape index (κ1) is 15.4. The summed E-state index contributed by atoms with van der Waals surface area (Å²) in [5.41, 5.74) is 1.41. The monoisotopic (exact) mass is 366 g/mol. The summed E-state index contributed by atoms with van der Waals surface area (Å²) in [6, 6.07) is 1.84. The Bertz CT molecular complexity index is 677. The lowest BCUT2D eigenvalue weighted by Gasteiger charge is -2.19. The predicted octanol–water partition coefficient (Wildman–Crippen LogP) is 2.47. The Morgan fingerprint density at radius 1 is 1.41 bits per heavy atom. The molecule has 0 unspecified atom stereocenters. The molecule has 7 heteroatoms. The van der Waals surface area contributed by atoms with E-state index in [4.69, 9.17) is 4.74 Å². The van der Waals surface area contributed by atoms with Gasteiger partial charge in [0.15, 0.2) is 0 Å². The molecule has 0 bridgehead atoms. The molecule has 1 amide bonds. The standard InChI is InChI=1S/C15H19BrN4O2/c1-2-4-20-13-9-12(17-10-11(13)14(16)18-20)15(21)19-5-3-7-22-8-6-19/h9-10H,2-8H2,1H3. The van der Waals surface area contributed by atoms with E-state index in [2.05, 4.69) is 32.9 Å². The molecule has 118 valence electrons. The van der Waals surface area contributed by atoms with Crippen LogP contribution in [0.25, 0.3) is 10.9 Å². The number of ether oxygens (including phenoxy) is 1. The Labute approximate surface area is 137 Å². The second-order valence-electron chi connectivity index (χ2n) is 5.36. The average molecular weight is 367 g/mol. The summed E-state index contributed by atoms with van der Waals surface area (Å²) in [7, 11) is 0. The van der Waals surface area contributed by atoms with Crippen molar-refractivity contribution in [1.29, 1.82) is 0 Å². The zero-order valence-corrected chi connectivity index (χ0v) is 14.2. The lowest BCUT2D eigenvalue weighted by atomic mass is 10.2. The molecule has 1 saturated heterocycles. The number of amides is 1. The summed E-state index contributed by atoms with van der Waals surface area (Å²) in [4.78, 5) is 18.8. The summed E-state index contributed by atoms with van der Waals surface area (Å²) >= 11 is 3.45. The van der Waals surface area contributed by atoms with Crippen molar-refractivity contribution in [2.24, 2.45) is 0 Å². The summed E-state index contributed by atoms with van der Waals surface area (Å²) in [5, 5.41) is 5.39. The second-order valence-corrected chi connectivity index (χ2v) is 6.11. The van der Waals surface area contributed by atoms with Gasteiger partial charge in [0.25, 0.3) is 5.91 Å². The number of rotatable bonds is 3. The normalized spacial score (nSPS) is 16.0. The maximum atomic E-state index is 12.6. The number of carbonyl (C=O) groups is 1. The van der Waals surface area contributed by atoms with Gasteiger partial charge in [0.05, 0.1) is 17.5 Å². The molecule has 1 fully saturated rings. The number of aryl methyl sites for hydroxylation is 1. The molecule has 22 heavy (non-hydrogen) atoms. The van der Waals surface area contributed by atoms with Crippen LogP contribution in [0.5, 0.6) is 0 Å². The van der Waals surface area contributed by atoms with Gasteiger partial charge in [-0.25, -0.2) is 0 Å². The highest BCUT2D eigenvalue weighted by Gasteiger charge is 2.20. The van der Waals surface area contributed by atoms with E-state index in [-0.39, 0.29) is 5.91 Å². The van der Waals surface area contributed by atoms with E-state index in [0.717, 1.165) is 41.4 Å². The van der Waals surface area contributed by atoms with Crippen LogP contribution in [0.2, 0.25) is 0 Å². The van der Waals surface area contributed by atoms with Crippen LogP contribution in [0, 0.1) is 0 Å². The van der Waals surface area contributed by atoms with Gasteiger partial charge < -0.3 is 9.64 Å². The third-order valence-corrected chi connectivity index (χ3v) is 4.34. The molecule has 1 aliphatic heterocycles. The van der Waals surface area contributed by atoms with Crippen molar-refractivity contribution in [1.82, 2.24) is 19.7 Å². The Morgan fingerprint density at radius 3 is 3.09 bits per heavy atom. The number of hydrogen-bond donors (Lipinski definition) is 0. The van der Waals surface area contributed by atoms with Gasteiger partial charge in [-0.05, 0) is 34.8 Å². The summed E-state index contributed by atoms with van der Waals surface area (Å²) in [6.45, 7) is 5.57. The van der Waals surface area contributed by atoms with Crippen LogP contribution in [-0.2, 0) is 11.3 Å². The number of carbonyl (C=O) groups excluding carboxylic acids is 1. The van der Waals surface area contributed by atoms with Gasteiger partial charge >= 0.3 is 0 Å². The molecule has 0 spiro atoms. The number of hydrogen-bond acceptors (Lipinski definition) is 4. The minimum absolute atomic E-state index is 0.0345. The van der Waals surface area contributed by atoms with E-state index >= 15 is 0 Å². The minimum atomic E-state index is -0.0345. The molecule has 0 atom stereocenters. The van der Waals surface area contributed by atoms with Gasteiger partial charge in [-0.15, -0.1) is 0 Å². The first-order valence-electron chi connectivity index (χ1n) is 7.59. The van der Waals surface area contributed by atoms with Crippen molar-refractivity contribution in [2.45, 2.75) is 26.3 Å². The first-order valence-corrected chi connectivity index (χ1v) is 8.39. The fourth-order valence-electron chi connectivity index (χ4n) is 2.64. The molecule has 2 aromatic rings. The third kappa shape index (κ3) is 3.01. The third-order valence-electron chi connectivity index (χ3n) is 3.75. The predicted molar refractivity (Wildman–Crippen MR) is 86.9 cm³/mol. The molecule has 0 N–H and O–H groups in total. The van der Waals surface area contributed by atoms with E-state index in [1.165, 1.54) is 0 Å². The van der Waals surface area contributed by atoms with Gasteiger partial charge in [0.2, 0.25) is 0 Å². The average Bonchev–Trinajstić information content (AvgIpc) is 2.73. The topological polar surface area (TPSA) is 60.2 Å². The Kier molecular flexibility index (Phi) is 4.73. The SMILES string of the molecule is CCCn1nc(Br)c2cnc(C(=O)N3CCCOCC3)cc21. The quantitative estimate of drug-likeness (QED) is 0.836. The van der Waals surface area contributed by atoms with E-state index in [0.29, 0.717) is 25.5 Å². The Balaban J connectivity index is 1.93. The van der Waals surface area contributed by atoms with Gasteiger partial charge in [-0.2, -0.15) is 5.10 Å². The Morgan fingerprint density at radius 2 is 2.27 bits per heavy atom. The van der Waals surface area contributed by atoms with Gasteiger partial charge in [-0.3, -0.25) is 14.5 Å². The van der Waals surface area contributed by atoms with E-state index in [1.54, 1.807) is 6.20 Å². The van der Waals surface area contributed by atoms with Crippen molar-refractivity contribution >= 4 is 32.7 Å². The van der Waals surface area contributed by atoms with Crippen LogP contribution in [0.4, 0.5) is 0 Å². The molecule has 0 saturated carbocycles. The maximum Gasteiger partial charge on any atom is 0.272 e. The van der Waals surface area contributed by atoms with Gasteiger partial charge in [0, 0.05) is 32.4 Å². The van der Waals surface area contributed by atoms with E-state index in [9.17, 15) is 4.79 Å². The minimum Gasteiger partial charge on any atom is -0.380 e. The molecule has 1 aliphatic rings. The largest absolute Gasteiger partial charge is 0.380 e. The highest BCUT2D eigenvalue weighted by atomic mass is 79.9. The molecular weight excluding hydrogens is 348 g/mol. The molecule has 0 aromatic carbocycles. The maximum absolute atomic E-state index is 12.6. The molecule has 2 aromatic heterocycles. The summed E-state index contributed by atoms with van der Waals surface area (Å²) in [5.74, 6) is -0.0345. The van der Waals surface area contributed by atoms with Crippen molar-refractivity contribution < 1.29 is 9.53 Å². The zero-order chi connectivity index (χ0) is 15.5.